The number of hydrogen-bond acceptors (Lipinski definition) is 6. The topological polar surface area (TPSA) is 91.2 Å². The Balaban J connectivity index is 0.00000363. The summed E-state index contributed by atoms with van der Waals surface area (Å²) < 4.78 is 10.6. The van der Waals surface area contributed by atoms with Crippen LogP contribution in [0, 0.1) is 0 Å². The maximum atomic E-state index is 10.7. The molecule has 8 nitrogen and oxygen atoms in total. The van der Waals surface area contributed by atoms with E-state index in [1.807, 2.05) is 31.3 Å². The van der Waals surface area contributed by atoms with Gasteiger partial charge in [0.25, 0.3) is 0 Å². The lowest BCUT2D eigenvalue weighted by Crippen LogP contribution is -2.49. The van der Waals surface area contributed by atoms with Gasteiger partial charge in [0.2, 0.25) is 0 Å². The van der Waals surface area contributed by atoms with Gasteiger partial charge in [-0.1, -0.05) is 6.07 Å². The van der Waals surface area contributed by atoms with E-state index >= 15 is 0 Å². The van der Waals surface area contributed by atoms with Crippen LogP contribution in [-0.2, 0) is 0 Å². The van der Waals surface area contributed by atoms with Crippen molar-refractivity contribution in [3.05, 3.63) is 48.2 Å². The van der Waals surface area contributed by atoms with E-state index in [0.29, 0.717) is 29.1 Å². The van der Waals surface area contributed by atoms with Crippen LogP contribution in [0.4, 0.5) is 5.82 Å². The normalized spacial score (nSPS) is 15.5. The van der Waals surface area contributed by atoms with Crippen LogP contribution >= 0.6 is 24.0 Å². The highest BCUT2D eigenvalue weighted by atomic mass is 127. The third-order valence-electron chi connectivity index (χ3n) is 5.33. The molecule has 1 aliphatic heterocycles. The van der Waals surface area contributed by atoms with Gasteiger partial charge in [-0.05, 0) is 49.6 Å². The lowest BCUT2D eigenvalue weighted by Gasteiger charge is -2.33. The summed E-state index contributed by atoms with van der Waals surface area (Å²) in [6, 6.07) is 11.7. The average molecular weight is 555 g/mol. The second-order valence-electron chi connectivity index (χ2n) is 7.48. The van der Waals surface area contributed by atoms with Gasteiger partial charge in [0.05, 0.1) is 26.9 Å². The Bertz CT molecular complexity index is 823. The first-order valence-corrected chi connectivity index (χ1v) is 10.7. The molecule has 0 radical (unpaired) electrons. The van der Waals surface area contributed by atoms with E-state index in [1.165, 1.54) is 0 Å². The number of hydrogen-bond donors (Lipinski definition) is 3. The van der Waals surface area contributed by atoms with Gasteiger partial charge in [0.1, 0.15) is 17.3 Å². The minimum Gasteiger partial charge on any atom is -0.497 e. The smallest absolute Gasteiger partial charge is 0.191 e. The van der Waals surface area contributed by atoms with Gasteiger partial charge in [0.15, 0.2) is 5.96 Å². The standard InChI is InChI=1S/C23H33N5O3.HI/c1-4-24-23(26-16-21(29)17-13-19(30-2)15-20(14-17)31-3)27-18-8-11-28(12-9-18)22-7-5-6-10-25-22;/h5-7,10,13-15,18,21,29H,4,8-9,11-12,16H2,1-3H3,(H2,24,26,27);1H. The van der Waals surface area contributed by atoms with E-state index in [9.17, 15) is 5.11 Å². The summed E-state index contributed by atoms with van der Waals surface area (Å²) in [5.74, 6) is 3.02. The SMILES string of the molecule is CCNC(=NCC(O)c1cc(OC)cc(OC)c1)NC1CCN(c2ccccn2)CC1.I. The molecule has 2 heterocycles. The Hall–Kier alpha value is -2.27. The third kappa shape index (κ3) is 7.40. The molecule has 0 aliphatic carbocycles. The Labute approximate surface area is 207 Å². The molecule has 1 unspecified atom stereocenters. The zero-order valence-electron chi connectivity index (χ0n) is 19.0. The molecule has 3 rings (SSSR count). The molecule has 1 fully saturated rings. The number of ether oxygens (including phenoxy) is 2. The van der Waals surface area contributed by atoms with Crippen molar-refractivity contribution in [2.75, 3.05) is 45.3 Å². The number of aromatic nitrogens is 1. The van der Waals surface area contributed by atoms with E-state index in [0.717, 1.165) is 38.3 Å². The lowest BCUT2D eigenvalue weighted by atomic mass is 10.1. The molecule has 0 spiro atoms. The van der Waals surface area contributed by atoms with Gasteiger partial charge < -0.3 is 30.1 Å². The van der Waals surface area contributed by atoms with Crippen molar-refractivity contribution in [2.45, 2.75) is 31.9 Å². The minimum absolute atomic E-state index is 0. The predicted molar refractivity (Wildman–Crippen MR) is 139 cm³/mol. The fourth-order valence-electron chi connectivity index (χ4n) is 3.61. The molecule has 3 N–H and O–H groups in total. The first-order chi connectivity index (χ1) is 15.1. The van der Waals surface area contributed by atoms with Crippen LogP contribution < -0.4 is 25.0 Å². The number of guanidine groups is 1. The van der Waals surface area contributed by atoms with Gasteiger partial charge in [0, 0.05) is 37.9 Å². The number of aliphatic imine (C=N–C) groups is 1. The minimum atomic E-state index is -0.759. The molecule has 32 heavy (non-hydrogen) atoms. The molecular formula is C23H34IN5O3. The summed E-state index contributed by atoms with van der Waals surface area (Å²) in [7, 11) is 3.19. The Morgan fingerprint density at radius 3 is 2.44 bits per heavy atom. The number of aliphatic hydroxyl groups is 1. The van der Waals surface area contributed by atoms with Crippen molar-refractivity contribution >= 4 is 35.8 Å². The fourth-order valence-corrected chi connectivity index (χ4v) is 3.61. The van der Waals surface area contributed by atoms with Gasteiger partial charge in [-0.15, -0.1) is 24.0 Å². The van der Waals surface area contributed by atoms with Crippen molar-refractivity contribution in [3.8, 4) is 11.5 Å². The van der Waals surface area contributed by atoms with Crippen LogP contribution in [0.25, 0.3) is 0 Å². The molecule has 9 heteroatoms. The van der Waals surface area contributed by atoms with Crippen LogP contribution in [0.3, 0.4) is 0 Å². The monoisotopic (exact) mass is 555 g/mol. The molecular weight excluding hydrogens is 521 g/mol. The molecule has 1 aliphatic rings. The van der Waals surface area contributed by atoms with Crippen LogP contribution in [0.1, 0.15) is 31.4 Å². The van der Waals surface area contributed by atoms with E-state index in [1.54, 1.807) is 32.4 Å². The number of pyridine rings is 1. The number of rotatable bonds is 8. The molecule has 1 aromatic heterocycles. The lowest BCUT2D eigenvalue weighted by molar-refractivity contribution is 0.186. The Morgan fingerprint density at radius 2 is 1.88 bits per heavy atom. The summed E-state index contributed by atoms with van der Waals surface area (Å²) in [4.78, 5) is 11.4. The number of nitrogens with zero attached hydrogens (tertiary/aromatic N) is 3. The predicted octanol–water partition coefficient (Wildman–Crippen LogP) is 2.97. The van der Waals surface area contributed by atoms with E-state index in [4.69, 9.17) is 9.47 Å². The number of benzene rings is 1. The third-order valence-corrected chi connectivity index (χ3v) is 5.33. The van der Waals surface area contributed by atoms with Crippen molar-refractivity contribution in [1.29, 1.82) is 0 Å². The van der Waals surface area contributed by atoms with E-state index in [-0.39, 0.29) is 30.5 Å². The molecule has 1 atom stereocenters. The van der Waals surface area contributed by atoms with Crippen molar-refractivity contribution in [3.63, 3.8) is 0 Å². The second-order valence-corrected chi connectivity index (χ2v) is 7.48. The zero-order chi connectivity index (χ0) is 22.1. The van der Waals surface area contributed by atoms with E-state index in [2.05, 4.69) is 25.5 Å². The molecule has 2 aromatic rings. The number of piperidine rings is 1. The number of methoxy groups -OCH3 is 2. The zero-order valence-corrected chi connectivity index (χ0v) is 21.3. The van der Waals surface area contributed by atoms with Gasteiger partial charge >= 0.3 is 0 Å². The van der Waals surface area contributed by atoms with Crippen molar-refractivity contribution in [2.24, 2.45) is 4.99 Å². The summed E-state index contributed by atoms with van der Waals surface area (Å²) in [5, 5.41) is 17.4. The quantitative estimate of drug-likeness (QED) is 0.262. The van der Waals surface area contributed by atoms with Crippen molar-refractivity contribution < 1.29 is 14.6 Å². The first-order valence-electron chi connectivity index (χ1n) is 10.7. The largest absolute Gasteiger partial charge is 0.497 e. The van der Waals surface area contributed by atoms with Crippen LogP contribution in [0.5, 0.6) is 11.5 Å². The summed E-state index contributed by atoms with van der Waals surface area (Å²) in [6.07, 6.45) is 3.07. The number of anilines is 1. The number of nitrogens with one attached hydrogen (secondary N) is 2. The van der Waals surface area contributed by atoms with Gasteiger partial charge in [-0.3, -0.25) is 4.99 Å². The highest BCUT2D eigenvalue weighted by Gasteiger charge is 2.21. The Kier molecular flexibility index (Phi) is 10.8. The molecule has 0 amide bonds. The van der Waals surface area contributed by atoms with Crippen LogP contribution in [0.15, 0.2) is 47.6 Å². The molecule has 0 saturated carbocycles. The number of aliphatic hydroxyl groups excluding tert-OH is 1. The Morgan fingerprint density at radius 1 is 1.19 bits per heavy atom. The highest BCUT2D eigenvalue weighted by Crippen LogP contribution is 2.26. The van der Waals surface area contributed by atoms with Crippen LogP contribution in [0.2, 0.25) is 0 Å². The maximum Gasteiger partial charge on any atom is 0.191 e. The summed E-state index contributed by atoms with van der Waals surface area (Å²) >= 11 is 0. The molecule has 176 valence electrons. The van der Waals surface area contributed by atoms with E-state index < -0.39 is 6.10 Å². The summed E-state index contributed by atoms with van der Waals surface area (Å²) in [6.45, 7) is 4.91. The number of halogens is 1. The van der Waals surface area contributed by atoms with Crippen LogP contribution in [-0.4, -0.2) is 62.5 Å². The molecule has 0 bridgehead atoms. The average Bonchev–Trinajstić information content (AvgIpc) is 2.83. The molecule has 1 aromatic carbocycles. The van der Waals surface area contributed by atoms with Gasteiger partial charge in [-0.25, -0.2) is 4.98 Å². The van der Waals surface area contributed by atoms with Gasteiger partial charge in [-0.2, -0.15) is 0 Å². The maximum absolute atomic E-state index is 10.7. The highest BCUT2D eigenvalue weighted by molar-refractivity contribution is 14.0. The van der Waals surface area contributed by atoms with Crippen molar-refractivity contribution in [1.82, 2.24) is 15.6 Å². The molecule has 1 saturated heterocycles. The first kappa shape index (κ1) is 26.0. The second kappa shape index (κ2) is 13.3. The summed E-state index contributed by atoms with van der Waals surface area (Å²) in [5.41, 5.74) is 0.708. The fraction of sp³-hybridized carbons (Fsp3) is 0.478.